The molecule has 0 aliphatic carbocycles. The van der Waals surface area contributed by atoms with Gasteiger partial charge in [-0.05, 0) is 6.07 Å². The van der Waals surface area contributed by atoms with Gasteiger partial charge in [-0.25, -0.2) is 18.6 Å². The number of pyridine rings is 1. The number of aromatic nitrogens is 1. The third-order valence-corrected chi connectivity index (χ3v) is 2.44. The zero-order chi connectivity index (χ0) is 12.3. The largest absolute Gasteiger partial charge is 0.505 e. The molecule has 1 N–H and O–H groups in total. The van der Waals surface area contributed by atoms with Gasteiger partial charge in [0.1, 0.15) is 5.69 Å². The molecule has 0 saturated carbocycles. The molecule has 0 aromatic carbocycles. The summed E-state index contributed by atoms with van der Waals surface area (Å²) in [6.07, 6.45) is -2.82. The van der Waals surface area contributed by atoms with Crippen molar-refractivity contribution in [3.63, 3.8) is 0 Å². The summed E-state index contributed by atoms with van der Waals surface area (Å²) in [5.74, 6) is -1.41. The van der Waals surface area contributed by atoms with Crippen LogP contribution in [0.15, 0.2) is 6.07 Å². The molecule has 0 saturated heterocycles. The monoisotopic (exact) mass is 295 g/mol. The number of ether oxygens (including phenoxy) is 1. The molecule has 1 heterocycles. The number of carbonyl (C=O) groups is 1. The number of carbonyl (C=O) groups excluding carboxylic acids is 1. The van der Waals surface area contributed by atoms with Gasteiger partial charge in [0.25, 0.3) is 6.43 Å². The topological polar surface area (TPSA) is 59.4 Å². The van der Waals surface area contributed by atoms with Crippen LogP contribution in [-0.4, -0.2) is 23.2 Å². The van der Waals surface area contributed by atoms with E-state index in [4.69, 9.17) is 0 Å². The molecule has 88 valence electrons. The lowest BCUT2D eigenvalue weighted by Gasteiger charge is -2.08. The van der Waals surface area contributed by atoms with Gasteiger partial charge in [0.2, 0.25) is 0 Å². The molecule has 16 heavy (non-hydrogen) atoms. The van der Waals surface area contributed by atoms with E-state index in [0.717, 1.165) is 13.2 Å². The van der Waals surface area contributed by atoms with Crippen LogP contribution in [0, 0.1) is 0 Å². The molecule has 0 radical (unpaired) electrons. The lowest BCUT2D eigenvalue weighted by Crippen LogP contribution is -2.08. The fourth-order valence-electron chi connectivity index (χ4n) is 1.07. The van der Waals surface area contributed by atoms with Crippen LogP contribution in [0.4, 0.5) is 8.78 Å². The van der Waals surface area contributed by atoms with E-state index in [1.807, 2.05) is 0 Å². The number of hydrogen-bond donors (Lipinski definition) is 1. The van der Waals surface area contributed by atoms with Gasteiger partial charge in [0.15, 0.2) is 11.4 Å². The van der Waals surface area contributed by atoms with Crippen LogP contribution in [0.25, 0.3) is 0 Å². The van der Waals surface area contributed by atoms with Crippen molar-refractivity contribution < 1.29 is 23.4 Å². The minimum Gasteiger partial charge on any atom is -0.505 e. The predicted octanol–water partition coefficient (Wildman–Crippen LogP) is 2.41. The Kier molecular flexibility index (Phi) is 4.17. The third kappa shape index (κ3) is 2.46. The normalized spacial score (nSPS) is 10.6. The second-order valence-electron chi connectivity index (χ2n) is 2.83. The Bertz CT molecular complexity index is 412. The number of rotatable bonds is 3. The van der Waals surface area contributed by atoms with E-state index in [0.29, 0.717) is 0 Å². The molecule has 0 unspecified atom stereocenters. The molecular weight excluding hydrogens is 288 g/mol. The first-order valence-corrected chi connectivity index (χ1v) is 5.28. The maximum absolute atomic E-state index is 12.5. The molecule has 1 aromatic rings. The van der Waals surface area contributed by atoms with E-state index in [-0.39, 0.29) is 10.9 Å². The Morgan fingerprint density at radius 3 is 2.75 bits per heavy atom. The van der Waals surface area contributed by atoms with Crippen LogP contribution < -0.4 is 0 Å². The predicted molar refractivity (Wildman–Crippen MR) is 54.8 cm³/mol. The number of methoxy groups -OCH3 is 1. The molecule has 0 atom stereocenters. The first kappa shape index (κ1) is 12.8. The molecule has 0 aliphatic rings. The van der Waals surface area contributed by atoms with Crippen molar-refractivity contribution in [3.8, 4) is 5.75 Å². The molecule has 0 bridgehead atoms. The number of alkyl halides is 3. The standard InChI is InChI=1S/C9H8BrF2NO3/c1-16-9(15)6-7(14)4(3-10)2-5(13-6)8(11)12/h2,8,14H,3H2,1H3. The van der Waals surface area contributed by atoms with Crippen molar-refractivity contribution in [2.24, 2.45) is 0 Å². The van der Waals surface area contributed by atoms with Crippen LogP contribution in [0.1, 0.15) is 28.2 Å². The highest BCUT2D eigenvalue weighted by atomic mass is 79.9. The number of aromatic hydroxyl groups is 1. The maximum Gasteiger partial charge on any atom is 0.360 e. The lowest BCUT2D eigenvalue weighted by atomic mass is 10.2. The Balaban J connectivity index is 3.35. The minimum atomic E-state index is -2.82. The average Bonchev–Trinajstić information content (AvgIpc) is 2.28. The molecule has 1 aromatic heterocycles. The van der Waals surface area contributed by atoms with E-state index in [9.17, 15) is 18.7 Å². The van der Waals surface area contributed by atoms with Gasteiger partial charge >= 0.3 is 5.97 Å². The number of esters is 1. The molecule has 0 amide bonds. The molecule has 0 spiro atoms. The summed E-state index contributed by atoms with van der Waals surface area (Å²) in [4.78, 5) is 14.5. The highest BCUT2D eigenvalue weighted by Crippen LogP contribution is 2.28. The number of hydrogen-bond acceptors (Lipinski definition) is 4. The fourth-order valence-corrected chi connectivity index (χ4v) is 1.49. The van der Waals surface area contributed by atoms with Crippen molar-refractivity contribution in [2.75, 3.05) is 7.11 Å². The Morgan fingerprint density at radius 1 is 1.69 bits per heavy atom. The van der Waals surface area contributed by atoms with Gasteiger partial charge in [-0.3, -0.25) is 0 Å². The summed E-state index contributed by atoms with van der Waals surface area (Å²) < 4.78 is 29.2. The molecular formula is C9H8BrF2NO3. The first-order valence-electron chi connectivity index (χ1n) is 4.16. The quantitative estimate of drug-likeness (QED) is 0.687. The molecule has 7 heteroatoms. The van der Waals surface area contributed by atoms with E-state index in [1.165, 1.54) is 0 Å². The van der Waals surface area contributed by atoms with E-state index < -0.39 is 29.5 Å². The van der Waals surface area contributed by atoms with Crippen molar-refractivity contribution >= 4 is 21.9 Å². The van der Waals surface area contributed by atoms with Crippen LogP contribution in [-0.2, 0) is 10.1 Å². The molecule has 4 nitrogen and oxygen atoms in total. The minimum absolute atomic E-state index is 0.130. The smallest absolute Gasteiger partial charge is 0.360 e. The zero-order valence-electron chi connectivity index (χ0n) is 8.21. The van der Waals surface area contributed by atoms with Crippen LogP contribution in [0.2, 0.25) is 0 Å². The SMILES string of the molecule is COC(=O)c1nc(C(F)F)cc(CBr)c1O. The van der Waals surface area contributed by atoms with Gasteiger partial charge in [-0.15, -0.1) is 0 Å². The summed E-state index contributed by atoms with van der Waals surface area (Å²) in [5, 5.41) is 9.69. The Morgan fingerprint density at radius 2 is 2.31 bits per heavy atom. The summed E-state index contributed by atoms with van der Waals surface area (Å²) >= 11 is 3.01. The third-order valence-electron chi connectivity index (χ3n) is 1.84. The Labute approximate surface area is 98.4 Å². The van der Waals surface area contributed by atoms with E-state index in [2.05, 4.69) is 25.7 Å². The van der Waals surface area contributed by atoms with Crippen LogP contribution >= 0.6 is 15.9 Å². The Hall–Kier alpha value is -1.24. The summed E-state index contributed by atoms with van der Waals surface area (Å²) in [6, 6.07) is 1.03. The van der Waals surface area contributed by atoms with Crippen molar-refractivity contribution in [1.82, 2.24) is 4.98 Å². The molecule has 0 aliphatic heterocycles. The average molecular weight is 296 g/mol. The number of halogens is 3. The van der Waals surface area contributed by atoms with E-state index >= 15 is 0 Å². The molecule has 0 fully saturated rings. The lowest BCUT2D eigenvalue weighted by molar-refractivity contribution is 0.0588. The summed E-state index contributed by atoms with van der Waals surface area (Å²) in [6.45, 7) is 0. The van der Waals surface area contributed by atoms with Gasteiger partial charge < -0.3 is 9.84 Å². The van der Waals surface area contributed by atoms with Crippen molar-refractivity contribution in [3.05, 3.63) is 23.0 Å². The van der Waals surface area contributed by atoms with Gasteiger partial charge in [0.05, 0.1) is 7.11 Å². The maximum atomic E-state index is 12.5. The zero-order valence-corrected chi connectivity index (χ0v) is 9.79. The van der Waals surface area contributed by atoms with Gasteiger partial charge in [-0.1, -0.05) is 15.9 Å². The van der Waals surface area contributed by atoms with Crippen LogP contribution in [0.3, 0.4) is 0 Å². The van der Waals surface area contributed by atoms with Crippen LogP contribution in [0.5, 0.6) is 5.75 Å². The van der Waals surface area contributed by atoms with Crippen molar-refractivity contribution in [2.45, 2.75) is 11.8 Å². The van der Waals surface area contributed by atoms with Gasteiger partial charge in [-0.2, -0.15) is 0 Å². The highest BCUT2D eigenvalue weighted by Gasteiger charge is 2.21. The highest BCUT2D eigenvalue weighted by molar-refractivity contribution is 9.08. The fraction of sp³-hybridized carbons (Fsp3) is 0.333. The summed E-state index contributed by atoms with van der Waals surface area (Å²) in [5.41, 5.74) is -0.923. The second kappa shape index (κ2) is 5.20. The molecule has 1 rings (SSSR count). The van der Waals surface area contributed by atoms with Gasteiger partial charge in [0, 0.05) is 10.9 Å². The number of nitrogens with zero attached hydrogens (tertiary/aromatic N) is 1. The van der Waals surface area contributed by atoms with Crippen molar-refractivity contribution in [1.29, 1.82) is 0 Å². The first-order chi connectivity index (χ1) is 7.51. The second-order valence-corrected chi connectivity index (χ2v) is 3.39. The summed E-state index contributed by atoms with van der Waals surface area (Å²) in [7, 11) is 1.08. The van der Waals surface area contributed by atoms with E-state index in [1.54, 1.807) is 0 Å².